The summed E-state index contributed by atoms with van der Waals surface area (Å²) in [5.41, 5.74) is 2.39. The minimum absolute atomic E-state index is 0.174. The summed E-state index contributed by atoms with van der Waals surface area (Å²) < 4.78 is 0. The smallest absolute Gasteiger partial charge is 0.0771 e. The molecular formula is C16H22ClNO. The van der Waals surface area contributed by atoms with E-state index in [1.807, 2.05) is 6.07 Å². The van der Waals surface area contributed by atoms with Gasteiger partial charge in [-0.15, -0.1) is 0 Å². The summed E-state index contributed by atoms with van der Waals surface area (Å²) in [4.78, 5) is 0. The van der Waals surface area contributed by atoms with E-state index < -0.39 is 5.60 Å². The molecule has 3 heteroatoms. The Morgan fingerprint density at radius 2 is 2.11 bits per heavy atom. The van der Waals surface area contributed by atoms with Gasteiger partial charge in [-0.2, -0.15) is 0 Å². The van der Waals surface area contributed by atoms with Gasteiger partial charge in [0.05, 0.1) is 5.60 Å². The first-order chi connectivity index (χ1) is 8.90. The third-order valence-electron chi connectivity index (χ3n) is 4.77. The third kappa shape index (κ3) is 2.42. The predicted molar refractivity (Wildman–Crippen MR) is 78.5 cm³/mol. The normalized spacial score (nSPS) is 26.8. The van der Waals surface area contributed by atoms with Crippen LogP contribution in [-0.2, 0) is 6.42 Å². The minimum atomic E-state index is -0.475. The summed E-state index contributed by atoms with van der Waals surface area (Å²) in [7, 11) is 0. The first-order valence-corrected chi connectivity index (χ1v) is 7.52. The highest BCUT2D eigenvalue weighted by Crippen LogP contribution is 2.46. The average Bonchev–Trinajstić information content (AvgIpc) is 2.54. The quantitative estimate of drug-likeness (QED) is 0.888. The summed E-state index contributed by atoms with van der Waals surface area (Å²) in [6.45, 7) is 5.25. The van der Waals surface area contributed by atoms with Crippen molar-refractivity contribution in [3.05, 3.63) is 34.3 Å². The van der Waals surface area contributed by atoms with Crippen molar-refractivity contribution in [1.82, 2.24) is 5.32 Å². The molecule has 3 rings (SSSR count). The van der Waals surface area contributed by atoms with E-state index in [4.69, 9.17) is 11.6 Å². The van der Waals surface area contributed by atoms with Gasteiger partial charge in [0.15, 0.2) is 0 Å². The number of aliphatic hydroxyl groups is 1. The Kier molecular flexibility index (Phi) is 3.16. The Morgan fingerprint density at radius 1 is 1.37 bits per heavy atom. The maximum Gasteiger partial charge on any atom is 0.0771 e. The molecule has 0 bridgehead atoms. The lowest BCUT2D eigenvalue weighted by Gasteiger charge is -2.39. The van der Waals surface area contributed by atoms with Crippen molar-refractivity contribution in [3.63, 3.8) is 0 Å². The molecule has 0 saturated heterocycles. The lowest BCUT2D eigenvalue weighted by Crippen LogP contribution is -2.48. The molecule has 0 amide bonds. The van der Waals surface area contributed by atoms with Crippen molar-refractivity contribution in [1.29, 1.82) is 0 Å². The Hall–Kier alpha value is -0.570. The summed E-state index contributed by atoms with van der Waals surface area (Å²) >= 11 is 6.13. The molecule has 1 atom stereocenters. The maximum atomic E-state index is 10.3. The molecule has 1 aromatic carbocycles. The summed E-state index contributed by atoms with van der Waals surface area (Å²) in [6, 6.07) is 6.47. The number of benzene rings is 1. The average molecular weight is 280 g/mol. The van der Waals surface area contributed by atoms with E-state index in [2.05, 4.69) is 31.3 Å². The molecule has 2 aliphatic rings. The van der Waals surface area contributed by atoms with Crippen LogP contribution < -0.4 is 5.32 Å². The monoisotopic (exact) mass is 279 g/mol. The van der Waals surface area contributed by atoms with E-state index in [1.165, 1.54) is 11.1 Å². The highest BCUT2D eigenvalue weighted by molar-refractivity contribution is 6.30. The van der Waals surface area contributed by atoms with Gasteiger partial charge in [0.2, 0.25) is 0 Å². The number of rotatable bonds is 3. The van der Waals surface area contributed by atoms with Gasteiger partial charge in [0, 0.05) is 17.6 Å². The topological polar surface area (TPSA) is 32.3 Å². The Labute approximate surface area is 120 Å². The second kappa shape index (κ2) is 4.47. The molecule has 1 aromatic rings. The molecule has 19 heavy (non-hydrogen) atoms. The van der Waals surface area contributed by atoms with Crippen LogP contribution in [0.15, 0.2) is 18.2 Å². The predicted octanol–water partition coefficient (Wildman–Crippen LogP) is 3.47. The number of halogens is 1. The molecule has 1 saturated carbocycles. The number of hydrogen-bond donors (Lipinski definition) is 2. The van der Waals surface area contributed by atoms with E-state index in [1.54, 1.807) is 0 Å². The third-order valence-corrected chi connectivity index (χ3v) is 5.00. The second-order valence-corrected chi connectivity index (χ2v) is 7.34. The highest BCUT2D eigenvalue weighted by atomic mass is 35.5. The van der Waals surface area contributed by atoms with Crippen LogP contribution in [0, 0.1) is 5.41 Å². The minimum Gasteiger partial charge on any atom is -0.389 e. The van der Waals surface area contributed by atoms with Crippen molar-refractivity contribution in [2.24, 2.45) is 5.41 Å². The molecule has 2 nitrogen and oxygen atoms in total. The van der Waals surface area contributed by atoms with Crippen LogP contribution >= 0.6 is 11.6 Å². The van der Waals surface area contributed by atoms with E-state index in [9.17, 15) is 5.11 Å². The Bertz CT molecular complexity index is 494. The molecular weight excluding hydrogens is 258 g/mol. The van der Waals surface area contributed by atoms with Crippen LogP contribution in [-0.4, -0.2) is 17.3 Å². The molecule has 104 valence electrons. The molecule has 2 aliphatic carbocycles. The fourth-order valence-electron chi connectivity index (χ4n) is 3.45. The summed E-state index contributed by atoms with van der Waals surface area (Å²) in [6.07, 6.45) is 4.06. The van der Waals surface area contributed by atoms with Crippen molar-refractivity contribution < 1.29 is 5.11 Å². The largest absolute Gasteiger partial charge is 0.389 e. The van der Waals surface area contributed by atoms with Crippen LogP contribution in [0.3, 0.4) is 0 Å². The van der Waals surface area contributed by atoms with E-state index in [-0.39, 0.29) is 11.5 Å². The zero-order valence-electron chi connectivity index (χ0n) is 11.7. The molecule has 2 N–H and O–H groups in total. The van der Waals surface area contributed by atoms with Crippen molar-refractivity contribution in [2.45, 2.75) is 51.2 Å². The van der Waals surface area contributed by atoms with Gasteiger partial charge >= 0.3 is 0 Å². The Morgan fingerprint density at radius 3 is 2.74 bits per heavy atom. The Balaban J connectivity index is 1.81. The van der Waals surface area contributed by atoms with Crippen LogP contribution in [0.5, 0.6) is 0 Å². The van der Waals surface area contributed by atoms with Gasteiger partial charge in [-0.25, -0.2) is 0 Å². The molecule has 0 spiro atoms. The molecule has 1 unspecified atom stereocenters. The molecule has 0 radical (unpaired) electrons. The standard InChI is InChI=1S/C16H22ClNO/c1-15(2)9-11-4-5-12(17)8-13(11)14(15)18-10-16(19)6-3-7-16/h4-5,8,14,18-19H,3,6-7,9-10H2,1-2H3. The zero-order chi connectivity index (χ0) is 13.7. The molecule has 0 heterocycles. The van der Waals surface area contributed by atoms with Gasteiger partial charge in [0.25, 0.3) is 0 Å². The van der Waals surface area contributed by atoms with Crippen LogP contribution in [0.4, 0.5) is 0 Å². The van der Waals surface area contributed by atoms with Gasteiger partial charge < -0.3 is 10.4 Å². The summed E-state index contributed by atoms with van der Waals surface area (Å²) in [5.74, 6) is 0. The van der Waals surface area contributed by atoms with E-state index in [0.717, 1.165) is 30.7 Å². The lowest BCUT2D eigenvalue weighted by molar-refractivity contribution is -0.0357. The molecule has 1 fully saturated rings. The fraction of sp³-hybridized carbons (Fsp3) is 0.625. The number of fused-ring (bicyclic) bond motifs is 1. The first kappa shape index (κ1) is 13.4. The first-order valence-electron chi connectivity index (χ1n) is 7.14. The van der Waals surface area contributed by atoms with Crippen molar-refractivity contribution in [2.75, 3.05) is 6.54 Å². The number of hydrogen-bond acceptors (Lipinski definition) is 2. The van der Waals surface area contributed by atoms with E-state index >= 15 is 0 Å². The van der Waals surface area contributed by atoms with Gasteiger partial charge in [-0.05, 0) is 54.4 Å². The van der Waals surface area contributed by atoms with E-state index in [0.29, 0.717) is 6.54 Å². The summed E-state index contributed by atoms with van der Waals surface area (Å²) in [5, 5.41) is 14.6. The highest BCUT2D eigenvalue weighted by Gasteiger charge is 2.41. The van der Waals surface area contributed by atoms with Gasteiger partial charge in [-0.3, -0.25) is 0 Å². The van der Waals surface area contributed by atoms with Gasteiger partial charge in [0.1, 0.15) is 0 Å². The second-order valence-electron chi connectivity index (χ2n) is 6.90. The number of nitrogens with one attached hydrogen (secondary N) is 1. The fourth-order valence-corrected chi connectivity index (χ4v) is 3.63. The van der Waals surface area contributed by atoms with Crippen molar-refractivity contribution in [3.8, 4) is 0 Å². The molecule has 0 aromatic heterocycles. The lowest BCUT2D eigenvalue weighted by atomic mass is 9.79. The van der Waals surface area contributed by atoms with Crippen LogP contribution in [0.1, 0.15) is 50.3 Å². The zero-order valence-corrected chi connectivity index (χ0v) is 12.4. The SMILES string of the molecule is CC1(C)Cc2ccc(Cl)cc2C1NCC1(O)CCC1. The van der Waals surface area contributed by atoms with Crippen molar-refractivity contribution >= 4 is 11.6 Å². The van der Waals surface area contributed by atoms with Gasteiger partial charge in [-0.1, -0.05) is 31.5 Å². The van der Waals surface area contributed by atoms with Crippen LogP contribution in [0.25, 0.3) is 0 Å². The van der Waals surface area contributed by atoms with Crippen LogP contribution in [0.2, 0.25) is 5.02 Å². The molecule has 0 aliphatic heterocycles. The maximum absolute atomic E-state index is 10.3.